The smallest absolute Gasteiger partial charge is 0.295 e. The Morgan fingerprint density at radius 3 is 2.17 bits per heavy atom. The highest BCUT2D eigenvalue weighted by molar-refractivity contribution is 6.46. The van der Waals surface area contributed by atoms with Gasteiger partial charge in [-0.1, -0.05) is 30.3 Å². The molecule has 0 bridgehead atoms. The Bertz CT molecular complexity index is 903. The van der Waals surface area contributed by atoms with Gasteiger partial charge >= 0.3 is 0 Å². The fourth-order valence-corrected chi connectivity index (χ4v) is 3.36. The third-order valence-corrected chi connectivity index (χ3v) is 4.89. The monoisotopic (exact) mass is 397 g/mol. The van der Waals surface area contributed by atoms with E-state index in [1.165, 1.54) is 26.2 Å². The molecular formula is C22H23NO6. The van der Waals surface area contributed by atoms with E-state index < -0.39 is 24.0 Å². The molecule has 0 unspecified atom stereocenters. The first-order valence-electron chi connectivity index (χ1n) is 9.05. The third-order valence-electron chi connectivity index (χ3n) is 4.89. The Balaban J connectivity index is 2.12. The Kier molecular flexibility index (Phi) is 6.31. The van der Waals surface area contributed by atoms with E-state index >= 15 is 0 Å². The molecule has 0 aromatic heterocycles. The fourth-order valence-electron chi connectivity index (χ4n) is 3.36. The number of ketones is 1. The van der Waals surface area contributed by atoms with Crippen LogP contribution in [0.25, 0.3) is 5.76 Å². The van der Waals surface area contributed by atoms with Crippen LogP contribution in [0.15, 0.2) is 60.2 Å². The van der Waals surface area contributed by atoms with Crippen LogP contribution in [-0.4, -0.2) is 55.9 Å². The van der Waals surface area contributed by atoms with Gasteiger partial charge in [-0.3, -0.25) is 9.59 Å². The first-order valence-corrected chi connectivity index (χ1v) is 9.05. The summed E-state index contributed by atoms with van der Waals surface area (Å²) in [5.74, 6) is -1.09. The van der Waals surface area contributed by atoms with Crippen LogP contribution in [0.3, 0.4) is 0 Å². The molecule has 1 heterocycles. The molecule has 3 rings (SSSR count). The zero-order valence-electron chi connectivity index (χ0n) is 16.5. The number of carbonyl (C=O) groups excluding carboxylic acids is 2. The van der Waals surface area contributed by atoms with Crippen LogP contribution < -0.4 is 4.74 Å². The number of aliphatic hydroxyl groups excluding tert-OH is 1. The summed E-state index contributed by atoms with van der Waals surface area (Å²) in [5.41, 5.74) is 1.14. The maximum atomic E-state index is 12.9. The number of hydrogen-bond acceptors (Lipinski definition) is 6. The predicted molar refractivity (Wildman–Crippen MR) is 106 cm³/mol. The topological polar surface area (TPSA) is 85.3 Å². The minimum Gasteiger partial charge on any atom is -0.507 e. The van der Waals surface area contributed by atoms with Crippen molar-refractivity contribution in [3.8, 4) is 5.75 Å². The molecule has 0 saturated carbocycles. The van der Waals surface area contributed by atoms with Crippen LogP contribution in [0, 0.1) is 0 Å². The lowest BCUT2D eigenvalue weighted by molar-refractivity contribution is -0.149. The number of amides is 1. The number of rotatable bonds is 7. The highest BCUT2D eigenvalue weighted by Gasteiger charge is 2.46. The normalized spacial score (nSPS) is 18.5. The molecular weight excluding hydrogens is 374 g/mol. The molecule has 7 heteroatoms. The fraction of sp³-hybridized carbons (Fsp3) is 0.273. The molecule has 1 atom stereocenters. The molecule has 0 spiro atoms. The summed E-state index contributed by atoms with van der Waals surface area (Å²) in [6.07, 6.45) is -0.708. The zero-order chi connectivity index (χ0) is 21.0. The first kappa shape index (κ1) is 20.6. The van der Waals surface area contributed by atoms with Gasteiger partial charge < -0.3 is 24.2 Å². The number of aliphatic hydroxyl groups is 1. The molecule has 1 amide bonds. The number of nitrogens with zero attached hydrogens (tertiary/aromatic N) is 1. The highest BCUT2D eigenvalue weighted by Crippen LogP contribution is 2.39. The van der Waals surface area contributed by atoms with Crippen molar-refractivity contribution >= 4 is 17.4 Å². The Morgan fingerprint density at radius 2 is 1.62 bits per heavy atom. The van der Waals surface area contributed by atoms with Crippen LogP contribution in [-0.2, 0) is 19.1 Å². The summed E-state index contributed by atoms with van der Waals surface area (Å²) in [6.45, 7) is 0.0382. The van der Waals surface area contributed by atoms with E-state index in [2.05, 4.69) is 0 Å². The van der Waals surface area contributed by atoms with Crippen molar-refractivity contribution in [2.75, 3.05) is 27.9 Å². The molecule has 1 saturated heterocycles. The molecule has 1 aliphatic rings. The number of hydrogen-bond donors (Lipinski definition) is 1. The van der Waals surface area contributed by atoms with E-state index in [0.29, 0.717) is 16.9 Å². The largest absolute Gasteiger partial charge is 0.507 e. The van der Waals surface area contributed by atoms with Gasteiger partial charge in [-0.05, 0) is 29.8 Å². The molecule has 29 heavy (non-hydrogen) atoms. The molecule has 0 aliphatic carbocycles. The highest BCUT2D eigenvalue weighted by atomic mass is 16.7. The molecule has 2 aromatic rings. The van der Waals surface area contributed by atoms with Gasteiger partial charge in [0.05, 0.1) is 25.3 Å². The van der Waals surface area contributed by atoms with Crippen LogP contribution in [0.5, 0.6) is 5.75 Å². The minimum atomic E-state index is -0.758. The molecule has 152 valence electrons. The predicted octanol–water partition coefficient (Wildman–Crippen LogP) is 2.74. The summed E-state index contributed by atoms with van der Waals surface area (Å²) in [6, 6.07) is 14.9. The summed E-state index contributed by atoms with van der Waals surface area (Å²) in [4.78, 5) is 27.0. The van der Waals surface area contributed by atoms with E-state index in [0.717, 1.165) is 0 Å². The van der Waals surface area contributed by atoms with Gasteiger partial charge in [0.1, 0.15) is 11.5 Å². The molecule has 1 fully saturated rings. The van der Waals surface area contributed by atoms with E-state index in [1.54, 1.807) is 36.4 Å². The maximum absolute atomic E-state index is 12.9. The van der Waals surface area contributed by atoms with Gasteiger partial charge in [0.15, 0.2) is 6.29 Å². The van der Waals surface area contributed by atoms with E-state index in [9.17, 15) is 14.7 Å². The van der Waals surface area contributed by atoms with Gasteiger partial charge in [0.2, 0.25) is 0 Å². The van der Waals surface area contributed by atoms with Gasteiger partial charge in [0.25, 0.3) is 11.7 Å². The van der Waals surface area contributed by atoms with Crippen LogP contribution in [0.1, 0.15) is 17.2 Å². The molecule has 0 radical (unpaired) electrons. The summed E-state index contributed by atoms with van der Waals surface area (Å²) < 4.78 is 15.6. The van der Waals surface area contributed by atoms with Gasteiger partial charge in [-0.2, -0.15) is 0 Å². The number of likely N-dealkylation sites (tertiary alicyclic amines) is 1. The lowest BCUT2D eigenvalue weighted by atomic mass is 9.95. The zero-order valence-corrected chi connectivity index (χ0v) is 16.5. The molecule has 1 N–H and O–H groups in total. The molecule has 7 nitrogen and oxygen atoms in total. The van der Waals surface area contributed by atoms with E-state index in [4.69, 9.17) is 14.2 Å². The van der Waals surface area contributed by atoms with Crippen molar-refractivity contribution in [2.24, 2.45) is 0 Å². The maximum Gasteiger partial charge on any atom is 0.295 e. The van der Waals surface area contributed by atoms with E-state index in [-0.39, 0.29) is 17.9 Å². The van der Waals surface area contributed by atoms with Crippen molar-refractivity contribution in [3.63, 3.8) is 0 Å². The average Bonchev–Trinajstić information content (AvgIpc) is 3.02. The lowest BCUT2D eigenvalue weighted by Crippen LogP contribution is -2.38. The Labute approximate surface area is 169 Å². The molecule has 2 aromatic carbocycles. The lowest BCUT2D eigenvalue weighted by Gasteiger charge is -2.28. The second-order valence-corrected chi connectivity index (χ2v) is 6.49. The van der Waals surface area contributed by atoms with Crippen molar-refractivity contribution in [3.05, 3.63) is 71.3 Å². The summed E-state index contributed by atoms with van der Waals surface area (Å²) in [5, 5.41) is 10.9. The van der Waals surface area contributed by atoms with Crippen molar-refractivity contribution in [1.29, 1.82) is 0 Å². The van der Waals surface area contributed by atoms with Gasteiger partial charge in [-0.25, -0.2) is 0 Å². The van der Waals surface area contributed by atoms with Crippen molar-refractivity contribution < 1.29 is 28.9 Å². The number of Topliss-reactive ketones (excluding diaryl/α,β-unsaturated/α-hetero) is 1. The molecule has 1 aliphatic heterocycles. The summed E-state index contributed by atoms with van der Waals surface area (Å²) in [7, 11) is 4.46. The number of ether oxygens (including phenoxy) is 3. The van der Waals surface area contributed by atoms with E-state index in [1.807, 2.05) is 18.2 Å². The Morgan fingerprint density at radius 1 is 1.00 bits per heavy atom. The second kappa shape index (κ2) is 8.89. The first-order chi connectivity index (χ1) is 14.0. The van der Waals surface area contributed by atoms with Gasteiger partial charge in [0, 0.05) is 19.8 Å². The number of methoxy groups -OCH3 is 3. The summed E-state index contributed by atoms with van der Waals surface area (Å²) >= 11 is 0. The van der Waals surface area contributed by atoms with Crippen LogP contribution >= 0.6 is 0 Å². The SMILES string of the molecule is COc1ccc(C(O)=C2C(=O)C(=O)N(CC(OC)OC)[C@@H]2c2ccccc2)cc1. The Hall–Kier alpha value is -3.16. The number of benzene rings is 2. The minimum absolute atomic E-state index is 0.0253. The standard InChI is InChI=1S/C22H23NO6/c1-27-16-11-9-15(10-12-16)20(24)18-19(14-7-5-4-6-8-14)23(22(26)21(18)25)13-17(28-2)29-3/h4-12,17,19,24H,13H2,1-3H3/t19-/m1/s1. The average molecular weight is 397 g/mol. The van der Waals surface area contributed by atoms with Crippen LogP contribution in [0.4, 0.5) is 0 Å². The van der Waals surface area contributed by atoms with Crippen LogP contribution in [0.2, 0.25) is 0 Å². The third kappa shape index (κ3) is 4.01. The van der Waals surface area contributed by atoms with Crippen molar-refractivity contribution in [1.82, 2.24) is 4.90 Å². The second-order valence-electron chi connectivity index (χ2n) is 6.49. The van der Waals surface area contributed by atoms with Crippen molar-refractivity contribution in [2.45, 2.75) is 12.3 Å². The quantitative estimate of drug-likeness (QED) is 0.335. The number of carbonyl (C=O) groups is 2. The van der Waals surface area contributed by atoms with Gasteiger partial charge in [-0.15, -0.1) is 0 Å².